The van der Waals surface area contributed by atoms with Crippen LogP contribution in [0.4, 0.5) is 0 Å². The molecular weight excluding hydrogens is 298 g/mol. The zero-order valence-electron chi connectivity index (χ0n) is 11.8. The van der Waals surface area contributed by atoms with Crippen LogP contribution in [0.1, 0.15) is 28.4 Å². The molecule has 3 aromatic rings. The van der Waals surface area contributed by atoms with Crippen molar-refractivity contribution < 1.29 is 9.90 Å². The number of benzene rings is 2. The molecule has 0 radical (unpaired) electrons. The zero-order chi connectivity index (χ0) is 15.4. The van der Waals surface area contributed by atoms with E-state index in [9.17, 15) is 9.90 Å². The summed E-state index contributed by atoms with van der Waals surface area (Å²) in [4.78, 5) is 12.1. The molecule has 6 heteroatoms. The van der Waals surface area contributed by atoms with Crippen molar-refractivity contribution in [3.05, 3.63) is 59.7 Å². The van der Waals surface area contributed by atoms with Crippen LogP contribution in [-0.2, 0) is 0 Å². The highest BCUT2D eigenvalue weighted by Gasteiger charge is 2.10. The molecule has 0 fully saturated rings. The van der Waals surface area contributed by atoms with E-state index in [1.807, 2.05) is 30.3 Å². The highest BCUT2D eigenvalue weighted by Crippen LogP contribution is 2.16. The summed E-state index contributed by atoms with van der Waals surface area (Å²) in [7, 11) is 0. The number of aromatic nitrogens is 2. The molecule has 1 atom stereocenters. The smallest absolute Gasteiger partial charge is 0.251 e. The second-order valence-corrected chi connectivity index (χ2v) is 5.47. The minimum Gasteiger partial charge on any atom is -0.388 e. The van der Waals surface area contributed by atoms with Crippen molar-refractivity contribution in [2.45, 2.75) is 12.5 Å². The first-order valence-corrected chi connectivity index (χ1v) is 7.70. The fraction of sp³-hybridized carbons (Fsp3) is 0.188. The predicted octanol–water partition coefficient (Wildman–Crippen LogP) is 2.54. The maximum absolute atomic E-state index is 12.1. The van der Waals surface area contributed by atoms with Crippen molar-refractivity contribution in [3.8, 4) is 0 Å². The molecule has 0 bridgehead atoms. The van der Waals surface area contributed by atoms with Gasteiger partial charge in [0.25, 0.3) is 5.91 Å². The van der Waals surface area contributed by atoms with Crippen molar-refractivity contribution in [1.29, 1.82) is 0 Å². The zero-order valence-corrected chi connectivity index (χ0v) is 12.6. The quantitative estimate of drug-likeness (QED) is 0.759. The summed E-state index contributed by atoms with van der Waals surface area (Å²) in [5, 5.41) is 12.9. The lowest BCUT2D eigenvalue weighted by Gasteiger charge is -2.11. The van der Waals surface area contributed by atoms with Gasteiger partial charge in [0, 0.05) is 12.1 Å². The van der Waals surface area contributed by atoms with Crippen LogP contribution in [-0.4, -0.2) is 26.3 Å². The van der Waals surface area contributed by atoms with E-state index in [1.165, 1.54) is 0 Å². The van der Waals surface area contributed by atoms with Crippen LogP contribution in [0.5, 0.6) is 0 Å². The molecule has 5 nitrogen and oxygen atoms in total. The largest absolute Gasteiger partial charge is 0.388 e. The Hall–Kier alpha value is -2.31. The number of carbonyl (C=O) groups excluding carboxylic acids is 1. The molecule has 0 aliphatic heterocycles. The van der Waals surface area contributed by atoms with Gasteiger partial charge >= 0.3 is 0 Å². The van der Waals surface area contributed by atoms with Gasteiger partial charge in [0.05, 0.1) is 17.8 Å². The number of carbonyl (C=O) groups is 1. The fourth-order valence-corrected chi connectivity index (χ4v) is 2.71. The molecule has 0 aliphatic rings. The van der Waals surface area contributed by atoms with E-state index in [0.717, 1.165) is 28.3 Å². The molecule has 22 heavy (non-hydrogen) atoms. The highest BCUT2D eigenvalue weighted by atomic mass is 32.1. The van der Waals surface area contributed by atoms with Crippen LogP contribution in [0.15, 0.2) is 48.5 Å². The average molecular weight is 313 g/mol. The molecule has 1 aromatic heterocycles. The van der Waals surface area contributed by atoms with Crippen LogP contribution in [0, 0.1) is 0 Å². The van der Waals surface area contributed by atoms with Gasteiger partial charge in [-0.2, -0.15) is 8.75 Å². The Morgan fingerprint density at radius 3 is 2.73 bits per heavy atom. The van der Waals surface area contributed by atoms with Crippen LogP contribution in [0.25, 0.3) is 11.0 Å². The summed E-state index contributed by atoms with van der Waals surface area (Å²) in [6.45, 7) is 0.405. The number of nitrogens with zero attached hydrogens (tertiary/aromatic N) is 2. The Morgan fingerprint density at radius 2 is 1.91 bits per heavy atom. The Morgan fingerprint density at radius 1 is 1.14 bits per heavy atom. The maximum atomic E-state index is 12.1. The third kappa shape index (κ3) is 3.29. The Labute approximate surface area is 131 Å². The molecule has 0 aliphatic carbocycles. The van der Waals surface area contributed by atoms with Crippen LogP contribution in [0.2, 0.25) is 0 Å². The standard InChI is InChI=1S/C16H15N3O2S/c20-15(11-4-2-1-3-5-11)8-9-17-16(21)12-6-7-13-14(10-12)19-22-18-13/h1-7,10,15,20H,8-9H2,(H,17,21). The van der Waals surface area contributed by atoms with Crippen LogP contribution in [0.3, 0.4) is 0 Å². The second-order valence-electron chi connectivity index (χ2n) is 4.94. The molecule has 2 aromatic carbocycles. The van der Waals surface area contributed by atoms with Gasteiger partial charge in [-0.15, -0.1) is 0 Å². The lowest BCUT2D eigenvalue weighted by Crippen LogP contribution is -2.25. The Balaban J connectivity index is 1.56. The minimum atomic E-state index is -0.577. The summed E-state index contributed by atoms with van der Waals surface area (Å²) in [6.07, 6.45) is -0.109. The molecule has 1 heterocycles. The summed E-state index contributed by atoms with van der Waals surface area (Å²) in [5.41, 5.74) is 2.92. The first-order valence-electron chi connectivity index (χ1n) is 6.97. The van der Waals surface area contributed by atoms with E-state index in [2.05, 4.69) is 14.1 Å². The first-order chi connectivity index (χ1) is 10.7. The van der Waals surface area contributed by atoms with Crippen molar-refractivity contribution >= 4 is 28.7 Å². The number of aliphatic hydroxyl groups excluding tert-OH is 1. The average Bonchev–Trinajstić information content (AvgIpc) is 3.03. The molecule has 2 N–H and O–H groups in total. The number of hydrogen-bond donors (Lipinski definition) is 2. The fourth-order valence-electron chi connectivity index (χ4n) is 2.19. The van der Waals surface area contributed by atoms with E-state index in [1.54, 1.807) is 18.2 Å². The summed E-state index contributed by atoms with van der Waals surface area (Å²) in [5.74, 6) is -0.171. The van der Waals surface area contributed by atoms with Crippen molar-refractivity contribution in [2.75, 3.05) is 6.54 Å². The highest BCUT2D eigenvalue weighted by molar-refractivity contribution is 7.00. The third-order valence-corrected chi connectivity index (χ3v) is 3.96. The predicted molar refractivity (Wildman–Crippen MR) is 85.8 cm³/mol. The summed E-state index contributed by atoms with van der Waals surface area (Å²) >= 11 is 1.13. The second kappa shape index (κ2) is 6.64. The van der Waals surface area contributed by atoms with Gasteiger partial charge in [0.15, 0.2) is 0 Å². The van der Waals surface area contributed by atoms with Crippen molar-refractivity contribution in [2.24, 2.45) is 0 Å². The van der Waals surface area contributed by atoms with E-state index >= 15 is 0 Å². The molecule has 112 valence electrons. The lowest BCUT2D eigenvalue weighted by molar-refractivity contribution is 0.0943. The summed E-state index contributed by atoms with van der Waals surface area (Å²) in [6, 6.07) is 14.6. The maximum Gasteiger partial charge on any atom is 0.251 e. The molecular formula is C16H15N3O2S. The number of rotatable bonds is 5. The van der Waals surface area contributed by atoms with Gasteiger partial charge in [0.2, 0.25) is 0 Å². The molecule has 1 amide bonds. The lowest BCUT2D eigenvalue weighted by atomic mass is 10.1. The number of hydrogen-bond acceptors (Lipinski definition) is 5. The van der Waals surface area contributed by atoms with Crippen molar-refractivity contribution in [3.63, 3.8) is 0 Å². The van der Waals surface area contributed by atoms with E-state index in [4.69, 9.17) is 0 Å². The third-order valence-electron chi connectivity index (χ3n) is 3.40. The van der Waals surface area contributed by atoms with Gasteiger partial charge in [-0.1, -0.05) is 30.3 Å². The Bertz CT molecular complexity index is 773. The van der Waals surface area contributed by atoms with Gasteiger partial charge in [-0.05, 0) is 30.2 Å². The first kappa shape index (κ1) is 14.6. The molecule has 0 saturated heterocycles. The molecule has 0 spiro atoms. The number of nitrogens with one attached hydrogen (secondary N) is 1. The van der Waals surface area contributed by atoms with Gasteiger partial charge in [-0.3, -0.25) is 4.79 Å². The molecule has 3 rings (SSSR count). The number of aliphatic hydroxyl groups is 1. The van der Waals surface area contributed by atoms with Gasteiger partial charge < -0.3 is 10.4 Å². The van der Waals surface area contributed by atoms with Crippen LogP contribution < -0.4 is 5.32 Å². The topological polar surface area (TPSA) is 75.1 Å². The molecule has 0 saturated carbocycles. The van der Waals surface area contributed by atoms with Gasteiger partial charge in [0.1, 0.15) is 11.0 Å². The summed E-state index contributed by atoms with van der Waals surface area (Å²) < 4.78 is 8.22. The van der Waals surface area contributed by atoms with Crippen molar-refractivity contribution in [1.82, 2.24) is 14.1 Å². The van der Waals surface area contributed by atoms with E-state index < -0.39 is 6.10 Å². The van der Waals surface area contributed by atoms with E-state index in [-0.39, 0.29) is 5.91 Å². The normalized spacial score (nSPS) is 12.2. The monoisotopic (exact) mass is 313 g/mol. The molecule has 1 unspecified atom stereocenters. The SMILES string of the molecule is O=C(NCCC(O)c1ccccc1)c1ccc2nsnc2c1. The van der Waals surface area contributed by atoms with Crippen LogP contribution >= 0.6 is 11.7 Å². The number of fused-ring (bicyclic) bond motifs is 1. The number of amides is 1. The van der Waals surface area contributed by atoms with E-state index in [0.29, 0.717) is 18.5 Å². The minimum absolute atomic E-state index is 0.171. The Kier molecular flexibility index (Phi) is 4.41. The van der Waals surface area contributed by atoms with Gasteiger partial charge in [-0.25, -0.2) is 0 Å².